The Labute approximate surface area is 101 Å². The van der Waals surface area contributed by atoms with Crippen molar-refractivity contribution >= 4 is 25.3 Å². The van der Waals surface area contributed by atoms with Gasteiger partial charge in [-0.15, -0.1) is 0 Å². The summed E-state index contributed by atoms with van der Waals surface area (Å²) < 4.78 is 0. The number of rotatable bonds is 1. The largest absolute Gasteiger partial charge is 0.760 e. The van der Waals surface area contributed by atoms with Gasteiger partial charge < -0.3 is 36.7 Å². The van der Waals surface area contributed by atoms with Crippen LogP contribution in [-0.2, 0) is 44.7 Å². The van der Waals surface area contributed by atoms with Crippen LogP contribution in [0.1, 0.15) is 0 Å². The molecule has 0 aliphatic carbocycles. The molecule has 0 aliphatic rings. The molecule has 0 atom stereocenters. The summed E-state index contributed by atoms with van der Waals surface area (Å²) in [5, 5.41) is 0.810. The minimum Gasteiger partial charge on any atom is -0.760 e. The average Bonchev–Trinajstić information content (AvgIpc) is 2.11. The summed E-state index contributed by atoms with van der Waals surface area (Å²) >= 11 is 9.35. The summed E-state index contributed by atoms with van der Waals surface area (Å²) in [6.45, 7) is 0.472. The smallest absolute Gasteiger partial charge is 0.0432 e. The van der Waals surface area contributed by atoms with E-state index in [1.54, 1.807) is 0 Å². The first kappa shape index (κ1) is 15.5. The van der Waals surface area contributed by atoms with Crippen LogP contribution in [0.3, 0.4) is 0 Å². The van der Waals surface area contributed by atoms with Crippen LogP contribution in [0, 0.1) is 0 Å². The van der Waals surface area contributed by atoms with E-state index >= 15 is 0 Å². The van der Waals surface area contributed by atoms with Gasteiger partial charge in [0, 0.05) is 31.9 Å². The second-order valence-corrected chi connectivity index (χ2v) is 2.44. The van der Waals surface area contributed by atoms with E-state index < -0.39 is 0 Å². The second kappa shape index (κ2) is 10.1. The molecule has 1 aromatic rings. The quantitative estimate of drug-likeness (QED) is 0.568. The summed E-state index contributed by atoms with van der Waals surface area (Å²) in [6.07, 6.45) is 3.05. The van der Waals surface area contributed by atoms with E-state index in [4.69, 9.17) is 11.5 Å². The molecule has 0 saturated heterocycles. The zero-order valence-electron chi connectivity index (χ0n) is 6.99. The van der Waals surface area contributed by atoms with Crippen molar-refractivity contribution in [1.82, 2.24) is 9.97 Å². The zero-order chi connectivity index (χ0) is 9.40. The van der Waals surface area contributed by atoms with Gasteiger partial charge in [0.15, 0.2) is 0 Å². The Morgan fingerprint density at radius 1 is 1.00 bits per heavy atom. The van der Waals surface area contributed by atoms with Crippen LogP contribution in [0.25, 0.3) is 11.5 Å². The minimum atomic E-state index is 0. The van der Waals surface area contributed by atoms with Gasteiger partial charge in [-0.25, -0.2) is 0 Å². The molecule has 1 aromatic heterocycles. The van der Waals surface area contributed by atoms with Crippen molar-refractivity contribution in [2.24, 2.45) is 0 Å². The molecule has 70 valence electrons. The molecule has 0 fully saturated rings. The van der Waals surface area contributed by atoms with E-state index in [0.29, 0.717) is 10.1 Å². The third-order valence-corrected chi connectivity index (χ3v) is 1.48. The molecule has 0 spiro atoms. The van der Waals surface area contributed by atoms with E-state index in [-0.39, 0.29) is 32.6 Å². The molecule has 0 saturated carbocycles. The SMILES string of the molecule is [NH-]CC[NH-].[S-]c1nccnc1[S-].[Zn]. The van der Waals surface area contributed by atoms with Crippen molar-refractivity contribution in [1.29, 1.82) is 0 Å². The van der Waals surface area contributed by atoms with Gasteiger partial charge in [-0.05, 0) is 0 Å². The van der Waals surface area contributed by atoms with Gasteiger partial charge in [0.25, 0.3) is 0 Å². The maximum absolute atomic E-state index is 6.26. The normalized spacial score (nSPS) is 7.85. The fourth-order valence-electron chi connectivity index (χ4n) is 0.312. The molecule has 13 heavy (non-hydrogen) atoms. The monoisotopic (exact) mass is 264 g/mol. The first-order valence-electron chi connectivity index (χ1n) is 3.16. The summed E-state index contributed by atoms with van der Waals surface area (Å²) in [5.74, 6) is 0. The molecular formula is C6H8N4S2Zn-4. The van der Waals surface area contributed by atoms with Crippen LogP contribution < -0.4 is 0 Å². The fraction of sp³-hybridized carbons (Fsp3) is 0.333. The molecule has 0 amide bonds. The first-order chi connectivity index (χ1) is 5.72. The van der Waals surface area contributed by atoms with Crippen molar-refractivity contribution in [2.45, 2.75) is 10.1 Å². The number of nitrogens with zero attached hydrogens (tertiary/aromatic N) is 2. The summed E-state index contributed by atoms with van der Waals surface area (Å²) in [5.41, 5.74) is 12.5. The first-order valence-corrected chi connectivity index (χ1v) is 3.98. The maximum Gasteiger partial charge on any atom is 0.0432 e. The van der Waals surface area contributed by atoms with E-state index in [2.05, 4.69) is 35.2 Å². The third-order valence-electron chi connectivity index (χ3n) is 0.758. The summed E-state index contributed by atoms with van der Waals surface area (Å²) in [6, 6.07) is 0. The fourth-order valence-corrected chi connectivity index (χ4v) is 0.540. The molecule has 0 unspecified atom stereocenters. The second-order valence-electron chi connectivity index (χ2n) is 1.67. The van der Waals surface area contributed by atoms with Crippen LogP contribution in [0.4, 0.5) is 0 Å². The minimum absolute atomic E-state index is 0. The number of hydrogen-bond acceptors (Lipinski definition) is 4. The van der Waals surface area contributed by atoms with Crippen molar-refractivity contribution in [3.63, 3.8) is 0 Å². The van der Waals surface area contributed by atoms with Crippen LogP contribution >= 0.6 is 0 Å². The Morgan fingerprint density at radius 2 is 1.31 bits per heavy atom. The summed E-state index contributed by atoms with van der Waals surface area (Å²) in [7, 11) is 0. The molecule has 1 heterocycles. The van der Waals surface area contributed by atoms with Crippen LogP contribution in [-0.4, -0.2) is 23.1 Å². The molecule has 4 nitrogen and oxygen atoms in total. The van der Waals surface area contributed by atoms with E-state index in [1.165, 1.54) is 12.4 Å². The average molecular weight is 266 g/mol. The molecule has 0 bridgehead atoms. The van der Waals surface area contributed by atoms with Crippen molar-refractivity contribution in [3.8, 4) is 0 Å². The van der Waals surface area contributed by atoms with Gasteiger partial charge in [0.2, 0.25) is 0 Å². The van der Waals surface area contributed by atoms with Crippen LogP contribution in [0.2, 0.25) is 0 Å². The van der Waals surface area contributed by atoms with Gasteiger partial charge in [0.05, 0.1) is 0 Å². The Balaban J connectivity index is 0. The summed E-state index contributed by atoms with van der Waals surface area (Å²) in [4.78, 5) is 7.45. The Kier molecular flexibility index (Phi) is 12.1. The van der Waals surface area contributed by atoms with E-state index in [9.17, 15) is 0 Å². The van der Waals surface area contributed by atoms with Gasteiger partial charge in [-0.1, -0.05) is 10.1 Å². The number of aromatic nitrogens is 2. The topological polar surface area (TPSA) is 73.4 Å². The van der Waals surface area contributed by atoms with Crippen molar-refractivity contribution in [3.05, 3.63) is 23.9 Å². The standard InChI is InChI=1S/C4H4N2S2.C2H6N2.Zn/c7-3-4(8)6-2-1-5-3;3-1-2-4;/h1-2H,(H,5,7)(H,6,8);3-4H,1-2H2;/q;-2;/p-2. The molecular weight excluding hydrogens is 258 g/mol. The van der Waals surface area contributed by atoms with Gasteiger partial charge in [-0.2, -0.15) is 13.1 Å². The van der Waals surface area contributed by atoms with E-state index in [0.717, 1.165) is 0 Å². The molecule has 2 N–H and O–H groups in total. The Hall–Kier alpha value is 0.0634. The molecule has 7 heteroatoms. The zero-order valence-corrected chi connectivity index (χ0v) is 11.6. The molecule has 0 aliphatic heterocycles. The Morgan fingerprint density at radius 3 is 1.46 bits per heavy atom. The van der Waals surface area contributed by atoms with Crippen LogP contribution in [0.5, 0.6) is 0 Å². The Bertz CT molecular complexity index is 201. The predicted molar refractivity (Wildman–Crippen MR) is 51.7 cm³/mol. The molecule has 0 radical (unpaired) electrons. The van der Waals surface area contributed by atoms with Crippen LogP contribution in [0.15, 0.2) is 22.4 Å². The van der Waals surface area contributed by atoms with Gasteiger partial charge in [-0.3, -0.25) is 9.97 Å². The maximum atomic E-state index is 6.26. The van der Waals surface area contributed by atoms with Gasteiger partial charge >= 0.3 is 0 Å². The van der Waals surface area contributed by atoms with E-state index in [1.807, 2.05) is 0 Å². The number of hydrogen-bond donors (Lipinski definition) is 0. The molecule has 0 aromatic carbocycles. The van der Waals surface area contributed by atoms with Gasteiger partial charge in [0.1, 0.15) is 0 Å². The van der Waals surface area contributed by atoms with Crippen molar-refractivity contribution in [2.75, 3.05) is 13.1 Å². The van der Waals surface area contributed by atoms with Crippen molar-refractivity contribution < 1.29 is 19.5 Å². The molecule has 1 rings (SSSR count). The third kappa shape index (κ3) is 8.39. The predicted octanol–water partition coefficient (Wildman–Crippen LogP) is 1.38. The number of nitrogens with one attached hydrogen (secondary N) is 2.